The van der Waals surface area contributed by atoms with Crippen molar-refractivity contribution in [2.75, 3.05) is 0 Å². The third-order valence-electron chi connectivity index (χ3n) is 2.75. The molecule has 0 aliphatic carbocycles. The Morgan fingerprint density at radius 2 is 1.95 bits per heavy atom. The molecule has 3 N–H and O–H groups in total. The summed E-state index contributed by atoms with van der Waals surface area (Å²) in [5, 5.41) is 19.8. The molecule has 0 atom stereocenters. The van der Waals surface area contributed by atoms with Crippen molar-refractivity contribution < 1.29 is 0 Å². The van der Waals surface area contributed by atoms with Crippen LogP contribution in [-0.2, 0) is 0 Å². The molecule has 0 saturated heterocycles. The van der Waals surface area contributed by atoms with Gasteiger partial charge in [0.05, 0.1) is 6.20 Å². The molecule has 0 spiro atoms. The van der Waals surface area contributed by atoms with Crippen molar-refractivity contribution >= 4 is 5.84 Å². The first-order valence-corrected chi connectivity index (χ1v) is 5.90. The van der Waals surface area contributed by atoms with Crippen molar-refractivity contribution in [3.05, 3.63) is 54.4 Å². The number of pyridine rings is 1. The van der Waals surface area contributed by atoms with Gasteiger partial charge < -0.3 is 5.73 Å². The number of benzene rings is 1. The summed E-state index contributed by atoms with van der Waals surface area (Å²) in [6, 6.07) is 11.2. The quantitative estimate of drug-likeness (QED) is 0.543. The number of nitrogens with two attached hydrogens (primary N) is 1. The Morgan fingerprint density at radius 1 is 1.15 bits per heavy atom. The Hall–Kier alpha value is -3.09. The third kappa shape index (κ3) is 2.12. The smallest absolute Gasteiger partial charge is 0.205 e. The lowest BCUT2D eigenvalue weighted by molar-refractivity contribution is 0.715. The van der Waals surface area contributed by atoms with E-state index in [1.807, 2.05) is 30.3 Å². The average Bonchev–Trinajstić information content (AvgIpc) is 2.98. The number of nitrogens with zero attached hydrogens (tertiary/aromatic N) is 5. The van der Waals surface area contributed by atoms with Crippen molar-refractivity contribution in [1.29, 1.82) is 5.41 Å². The molecule has 3 rings (SSSR count). The second-order valence-electron chi connectivity index (χ2n) is 4.08. The minimum atomic E-state index is -0.0686. The summed E-state index contributed by atoms with van der Waals surface area (Å²) in [5.74, 6) is 0.435. The van der Waals surface area contributed by atoms with Gasteiger partial charge in [-0.1, -0.05) is 30.3 Å². The molecule has 0 saturated carbocycles. The van der Waals surface area contributed by atoms with Crippen LogP contribution in [0.1, 0.15) is 5.56 Å². The Bertz CT molecular complexity index is 748. The molecule has 3 aromatic rings. The molecule has 7 nitrogen and oxygen atoms in total. The van der Waals surface area contributed by atoms with Crippen LogP contribution in [-0.4, -0.2) is 31.0 Å². The summed E-state index contributed by atoms with van der Waals surface area (Å²) < 4.78 is 0. The SMILES string of the molecule is N=C(N)c1ccncc1-n1nnc(-c2ccccc2)n1. The van der Waals surface area contributed by atoms with E-state index >= 15 is 0 Å². The monoisotopic (exact) mass is 265 g/mol. The van der Waals surface area contributed by atoms with Crippen molar-refractivity contribution in [3.63, 3.8) is 0 Å². The Morgan fingerprint density at radius 3 is 2.70 bits per heavy atom. The second kappa shape index (κ2) is 4.88. The summed E-state index contributed by atoms with van der Waals surface area (Å²) in [6.45, 7) is 0. The molecule has 20 heavy (non-hydrogen) atoms. The second-order valence-corrected chi connectivity index (χ2v) is 4.08. The van der Waals surface area contributed by atoms with Gasteiger partial charge >= 0.3 is 0 Å². The van der Waals surface area contributed by atoms with Crippen LogP contribution in [0.3, 0.4) is 0 Å². The van der Waals surface area contributed by atoms with Crippen LogP contribution in [0.2, 0.25) is 0 Å². The van der Waals surface area contributed by atoms with E-state index in [-0.39, 0.29) is 5.84 Å². The van der Waals surface area contributed by atoms with Gasteiger partial charge in [0.1, 0.15) is 11.5 Å². The summed E-state index contributed by atoms with van der Waals surface area (Å²) in [7, 11) is 0. The van der Waals surface area contributed by atoms with Gasteiger partial charge in [-0.2, -0.15) is 0 Å². The molecular formula is C13H11N7. The van der Waals surface area contributed by atoms with Gasteiger partial charge in [0.25, 0.3) is 0 Å². The maximum absolute atomic E-state index is 7.56. The van der Waals surface area contributed by atoms with E-state index in [0.29, 0.717) is 17.1 Å². The highest BCUT2D eigenvalue weighted by molar-refractivity contribution is 5.98. The Balaban J connectivity index is 2.05. The fourth-order valence-electron chi connectivity index (χ4n) is 1.79. The van der Waals surface area contributed by atoms with Crippen molar-refractivity contribution in [2.45, 2.75) is 0 Å². The van der Waals surface area contributed by atoms with Crippen molar-refractivity contribution in [1.82, 2.24) is 25.2 Å². The lowest BCUT2D eigenvalue weighted by Crippen LogP contribution is -2.16. The van der Waals surface area contributed by atoms with E-state index in [1.54, 1.807) is 18.5 Å². The number of nitrogens with one attached hydrogen (secondary N) is 1. The summed E-state index contributed by atoms with van der Waals surface area (Å²) in [6.07, 6.45) is 3.11. The predicted molar refractivity (Wildman–Crippen MR) is 73.4 cm³/mol. The van der Waals surface area contributed by atoms with Gasteiger partial charge in [0, 0.05) is 17.3 Å². The first-order chi connectivity index (χ1) is 9.75. The zero-order valence-corrected chi connectivity index (χ0v) is 10.4. The largest absolute Gasteiger partial charge is 0.384 e. The molecule has 0 bridgehead atoms. The van der Waals surface area contributed by atoms with E-state index in [0.717, 1.165) is 5.56 Å². The number of aromatic nitrogens is 5. The van der Waals surface area contributed by atoms with Crippen LogP contribution < -0.4 is 5.73 Å². The van der Waals surface area contributed by atoms with Gasteiger partial charge in [-0.3, -0.25) is 10.4 Å². The highest BCUT2D eigenvalue weighted by Gasteiger charge is 2.12. The van der Waals surface area contributed by atoms with Crippen molar-refractivity contribution in [2.24, 2.45) is 5.73 Å². The predicted octanol–water partition coefficient (Wildman–Crippen LogP) is 1.01. The zero-order valence-electron chi connectivity index (χ0n) is 10.4. The molecule has 2 aromatic heterocycles. The fourth-order valence-corrected chi connectivity index (χ4v) is 1.79. The van der Waals surface area contributed by atoms with Gasteiger partial charge in [0.15, 0.2) is 0 Å². The molecule has 98 valence electrons. The molecule has 0 amide bonds. The first kappa shape index (κ1) is 12.0. The topological polar surface area (TPSA) is 106 Å². The lowest BCUT2D eigenvalue weighted by Gasteiger charge is -2.04. The number of nitrogen functional groups attached to an aromatic ring is 1. The summed E-state index contributed by atoms with van der Waals surface area (Å²) in [4.78, 5) is 5.33. The summed E-state index contributed by atoms with van der Waals surface area (Å²) >= 11 is 0. The molecule has 2 heterocycles. The number of hydrogen-bond acceptors (Lipinski definition) is 5. The standard InChI is InChI=1S/C13H11N7/c14-12(15)10-6-7-16-8-11(10)20-18-13(17-19-20)9-4-2-1-3-5-9/h1-8H,(H3,14,15). The van der Waals surface area contributed by atoms with Gasteiger partial charge in [-0.15, -0.1) is 15.0 Å². The third-order valence-corrected chi connectivity index (χ3v) is 2.75. The number of amidine groups is 1. The number of rotatable bonds is 3. The molecule has 0 fully saturated rings. The van der Waals surface area contributed by atoms with Gasteiger partial charge in [-0.25, -0.2) is 0 Å². The molecular weight excluding hydrogens is 254 g/mol. The van der Waals surface area contributed by atoms with Crippen LogP contribution in [0.15, 0.2) is 48.8 Å². The van der Waals surface area contributed by atoms with E-state index in [4.69, 9.17) is 11.1 Å². The van der Waals surface area contributed by atoms with E-state index in [2.05, 4.69) is 20.4 Å². The van der Waals surface area contributed by atoms with Crippen LogP contribution in [0.4, 0.5) is 0 Å². The molecule has 0 aliphatic rings. The minimum Gasteiger partial charge on any atom is -0.384 e. The zero-order chi connectivity index (χ0) is 13.9. The highest BCUT2D eigenvalue weighted by atomic mass is 15.6. The van der Waals surface area contributed by atoms with Gasteiger partial charge in [-0.05, 0) is 11.3 Å². The van der Waals surface area contributed by atoms with Crippen molar-refractivity contribution in [3.8, 4) is 17.1 Å². The number of hydrogen-bond donors (Lipinski definition) is 2. The molecule has 7 heteroatoms. The van der Waals surface area contributed by atoms with Crippen LogP contribution in [0.25, 0.3) is 17.1 Å². The van der Waals surface area contributed by atoms with Gasteiger partial charge in [0.2, 0.25) is 5.82 Å². The van der Waals surface area contributed by atoms with Crippen LogP contribution >= 0.6 is 0 Å². The molecule has 1 aromatic carbocycles. The number of tetrazole rings is 1. The minimum absolute atomic E-state index is 0.0686. The molecule has 0 aliphatic heterocycles. The fraction of sp³-hybridized carbons (Fsp3) is 0. The maximum Gasteiger partial charge on any atom is 0.205 e. The Labute approximate surface area is 114 Å². The normalized spacial score (nSPS) is 10.4. The first-order valence-electron chi connectivity index (χ1n) is 5.90. The van der Waals surface area contributed by atoms with E-state index < -0.39 is 0 Å². The molecule has 0 unspecified atom stereocenters. The van der Waals surface area contributed by atoms with E-state index in [9.17, 15) is 0 Å². The molecule has 0 radical (unpaired) electrons. The van der Waals surface area contributed by atoms with Crippen LogP contribution in [0.5, 0.6) is 0 Å². The average molecular weight is 265 g/mol. The van der Waals surface area contributed by atoms with Crippen LogP contribution in [0, 0.1) is 5.41 Å². The van der Waals surface area contributed by atoms with E-state index in [1.165, 1.54) is 4.80 Å². The maximum atomic E-state index is 7.56. The lowest BCUT2D eigenvalue weighted by atomic mass is 10.2. The highest BCUT2D eigenvalue weighted by Crippen LogP contribution is 2.15. The summed E-state index contributed by atoms with van der Waals surface area (Å²) in [5.41, 5.74) is 7.44. The Kier molecular flexibility index (Phi) is 2.92.